The lowest BCUT2D eigenvalue weighted by molar-refractivity contribution is 0.0759. The second-order valence-electron chi connectivity index (χ2n) is 3.69. The Morgan fingerprint density at radius 1 is 1.71 bits per heavy atom. The average molecular weight is 233 g/mol. The van der Waals surface area contributed by atoms with Crippen molar-refractivity contribution in [3.8, 4) is 11.8 Å². The third kappa shape index (κ3) is 2.66. The van der Waals surface area contributed by atoms with Crippen LogP contribution in [0.2, 0.25) is 0 Å². The first kappa shape index (κ1) is 11.7. The largest absolute Gasteiger partial charge is 0.490 e. The maximum Gasteiger partial charge on any atom is 0.171 e. The molecule has 0 radical (unpaired) electrons. The molecule has 1 fully saturated rings. The minimum atomic E-state index is -0.389. The molecule has 1 aromatic heterocycles. The summed E-state index contributed by atoms with van der Waals surface area (Å²) >= 11 is 0. The normalized spacial score (nSPS) is 19.8. The third-order valence-electron chi connectivity index (χ3n) is 2.56. The van der Waals surface area contributed by atoms with Gasteiger partial charge in [-0.25, -0.2) is 4.98 Å². The van der Waals surface area contributed by atoms with E-state index in [-0.39, 0.29) is 6.10 Å². The van der Waals surface area contributed by atoms with Crippen molar-refractivity contribution in [2.45, 2.75) is 13.0 Å². The minimum Gasteiger partial charge on any atom is -0.490 e. The number of pyridine rings is 1. The molecular weight excluding hydrogens is 218 g/mol. The number of aromatic nitrogens is 1. The molecule has 5 heteroatoms. The predicted octanol–water partition coefficient (Wildman–Crippen LogP) is 1.21. The van der Waals surface area contributed by atoms with Gasteiger partial charge in [0.2, 0.25) is 0 Å². The summed E-state index contributed by atoms with van der Waals surface area (Å²) in [6, 6.07) is 5.86. The van der Waals surface area contributed by atoms with Gasteiger partial charge in [-0.1, -0.05) is 0 Å². The number of nitriles is 1. The molecule has 0 bridgehead atoms. The van der Waals surface area contributed by atoms with Gasteiger partial charge in [-0.15, -0.1) is 0 Å². The summed E-state index contributed by atoms with van der Waals surface area (Å²) in [5.41, 5.74) is 0. The van der Waals surface area contributed by atoms with Crippen molar-refractivity contribution in [3.05, 3.63) is 18.3 Å². The van der Waals surface area contributed by atoms with E-state index in [9.17, 15) is 0 Å². The monoisotopic (exact) mass is 233 g/mol. The molecule has 1 unspecified atom stereocenters. The molecular formula is C12H15N3O2. The Labute approximate surface area is 101 Å². The van der Waals surface area contributed by atoms with Crippen LogP contribution in [0.25, 0.3) is 0 Å². The van der Waals surface area contributed by atoms with E-state index >= 15 is 0 Å². The molecule has 0 aliphatic carbocycles. The minimum absolute atomic E-state index is 0.389. The summed E-state index contributed by atoms with van der Waals surface area (Å²) in [6.45, 7) is 4.35. The maximum absolute atomic E-state index is 8.88. The Morgan fingerprint density at radius 3 is 3.35 bits per heavy atom. The van der Waals surface area contributed by atoms with E-state index in [1.54, 1.807) is 6.20 Å². The zero-order chi connectivity index (χ0) is 12.1. The van der Waals surface area contributed by atoms with Gasteiger partial charge in [0.1, 0.15) is 0 Å². The number of hydrogen-bond acceptors (Lipinski definition) is 5. The van der Waals surface area contributed by atoms with Crippen LogP contribution in [-0.2, 0) is 4.74 Å². The number of anilines is 1. The first-order valence-electron chi connectivity index (χ1n) is 5.69. The smallest absolute Gasteiger partial charge is 0.171 e. The Balaban J connectivity index is 2.18. The average Bonchev–Trinajstić information content (AvgIpc) is 2.40. The molecule has 0 N–H and O–H groups in total. The van der Waals surface area contributed by atoms with Crippen molar-refractivity contribution in [3.63, 3.8) is 0 Å². The Morgan fingerprint density at radius 2 is 2.59 bits per heavy atom. The summed E-state index contributed by atoms with van der Waals surface area (Å²) in [5, 5.41) is 8.88. The SMILES string of the molecule is CCOc1cccnc1N1CCOC(C#N)C1. The standard InChI is InChI=1S/C12H15N3O2/c1-2-16-11-4-3-5-14-12(11)15-6-7-17-10(8-13)9-15/h3-5,10H,2,6-7,9H2,1H3. The Hall–Kier alpha value is -1.80. The first-order chi connectivity index (χ1) is 8.35. The number of rotatable bonds is 3. The molecule has 1 atom stereocenters. The quantitative estimate of drug-likeness (QED) is 0.785. The molecule has 0 aromatic carbocycles. The van der Waals surface area contributed by atoms with Crippen LogP contribution in [0.3, 0.4) is 0 Å². The van der Waals surface area contributed by atoms with Crippen LogP contribution < -0.4 is 9.64 Å². The molecule has 1 saturated heterocycles. The number of ether oxygens (including phenoxy) is 2. The van der Waals surface area contributed by atoms with Crippen molar-refractivity contribution in [1.29, 1.82) is 5.26 Å². The van der Waals surface area contributed by atoms with Gasteiger partial charge in [-0.05, 0) is 19.1 Å². The van der Waals surface area contributed by atoms with Gasteiger partial charge >= 0.3 is 0 Å². The van der Waals surface area contributed by atoms with Gasteiger partial charge in [0.15, 0.2) is 17.7 Å². The molecule has 0 amide bonds. The molecule has 2 heterocycles. The predicted molar refractivity (Wildman–Crippen MR) is 63.0 cm³/mol. The van der Waals surface area contributed by atoms with Gasteiger partial charge in [0.05, 0.1) is 25.8 Å². The summed E-state index contributed by atoms with van der Waals surface area (Å²) in [5.74, 6) is 1.55. The molecule has 1 aliphatic rings. The number of morpholine rings is 1. The molecule has 0 saturated carbocycles. The molecule has 0 spiro atoms. The highest BCUT2D eigenvalue weighted by molar-refractivity contribution is 5.52. The summed E-state index contributed by atoms with van der Waals surface area (Å²) in [6.07, 6.45) is 1.34. The molecule has 2 rings (SSSR count). The van der Waals surface area contributed by atoms with E-state index < -0.39 is 0 Å². The van der Waals surface area contributed by atoms with Crippen molar-refractivity contribution in [2.24, 2.45) is 0 Å². The fourth-order valence-electron chi connectivity index (χ4n) is 1.81. The second kappa shape index (κ2) is 5.51. The van der Waals surface area contributed by atoms with E-state index in [2.05, 4.69) is 11.1 Å². The summed E-state index contributed by atoms with van der Waals surface area (Å²) < 4.78 is 10.8. The zero-order valence-corrected chi connectivity index (χ0v) is 9.80. The molecule has 1 aliphatic heterocycles. The second-order valence-corrected chi connectivity index (χ2v) is 3.69. The van der Waals surface area contributed by atoms with Crippen LogP contribution in [0.15, 0.2) is 18.3 Å². The Bertz CT molecular complexity index is 416. The fourth-order valence-corrected chi connectivity index (χ4v) is 1.81. The third-order valence-corrected chi connectivity index (χ3v) is 2.56. The molecule has 17 heavy (non-hydrogen) atoms. The topological polar surface area (TPSA) is 58.4 Å². The van der Waals surface area contributed by atoms with E-state index in [4.69, 9.17) is 14.7 Å². The number of hydrogen-bond donors (Lipinski definition) is 0. The zero-order valence-electron chi connectivity index (χ0n) is 9.80. The summed E-state index contributed by atoms with van der Waals surface area (Å²) in [7, 11) is 0. The van der Waals surface area contributed by atoms with Gasteiger partial charge in [0.25, 0.3) is 0 Å². The van der Waals surface area contributed by atoms with Crippen molar-refractivity contribution < 1.29 is 9.47 Å². The van der Waals surface area contributed by atoms with Gasteiger partial charge < -0.3 is 14.4 Å². The van der Waals surface area contributed by atoms with Crippen LogP contribution >= 0.6 is 0 Å². The molecule has 90 valence electrons. The van der Waals surface area contributed by atoms with Crippen molar-refractivity contribution in [2.75, 3.05) is 31.2 Å². The molecule has 5 nitrogen and oxygen atoms in total. The van der Waals surface area contributed by atoms with Gasteiger partial charge in [-0.3, -0.25) is 0 Å². The van der Waals surface area contributed by atoms with Crippen LogP contribution in [0.1, 0.15) is 6.92 Å². The van der Waals surface area contributed by atoms with E-state index in [0.29, 0.717) is 19.8 Å². The lowest BCUT2D eigenvalue weighted by atomic mass is 10.3. The van der Waals surface area contributed by atoms with Crippen LogP contribution in [0.4, 0.5) is 5.82 Å². The van der Waals surface area contributed by atoms with Gasteiger partial charge in [0, 0.05) is 12.7 Å². The summed E-state index contributed by atoms with van der Waals surface area (Å²) in [4.78, 5) is 6.36. The highest BCUT2D eigenvalue weighted by Gasteiger charge is 2.23. The maximum atomic E-state index is 8.88. The van der Waals surface area contributed by atoms with Gasteiger partial charge in [-0.2, -0.15) is 5.26 Å². The first-order valence-corrected chi connectivity index (χ1v) is 5.69. The van der Waals surface area contributed by atoms with Crippen molar-refractivity contribution >= 4 is 5.82 Å². The molecule has 1 aromatic rings. The highest BCUT2D eigenvalue weighted by atomic mass is 16.5. The van der Waals surface area contributed by atoms with Crippen molar-refractivity contribution in [1.82, 2.24) is 4.98 Å². The van der Waals surface area contributed by atoms with E-state index in [0.717, 1.165) is 18.1 Å². The highest BCUT2D eigenvalue weighted by Crippen LogP contribution is 2.26. The lowest BCUT2D eigenvalue weighted by Gasteiger charge is -2.31. The van der Waals surface area contributed by atoms with Crippen LogP contribution in [-0.4, -0.2) is 37.4 Å². The van der Waals surface area contributed by atoms with E-state index in [1.165, 1.54) is 0 Å². The van der Waals surface area contributed by atoms with Crippen LogP contribution in [0, 0.1) is 11.3 Å². The van der Waals surface area contributed by atoms with Crippen LogP contribution in [0.5, 0.6) is 5.75 Å². The Kier molecular flexibility index (Phi) is 3.78. The number of nitrogens with zero attached hydrogens (tertiary/aromatic N) is 3. The lowest BCUT2D eigenvalue weighted by Crippen LogP contribution is -2.42. The fraction of sp³-hybridized carbons (Fsp3) is 0.500. The van der Waals surface area contributed by atoms with E-state index in [1.807, 2.05) is 24.0 Å².